The van der Waals surface area contributed by atoms with Gasteiger partial charge in [0.05, 0.1) is 18.6 Å². The van der Waals surface area contributed by atoms with Gasteiger partial charge in [0.2, 0.25) is 11.8 Å². The number of hydrogen-bond acceptors (Lipinski definition) is 5. The van der Waals surface area contributed by atoms with Gasteiger partial charge in [-0.2, -0.15) is 0 Å². The third-order valence-corrected chi connectivity index (χ3v) is 3.19. The van der Waals surface area contributed by atoms with E-state index in [9.17, 15) is 14.4 Å². The van der Waals surface area contributed by atoms with Gasteiger partial charge in [0, 0.05) is 6.42 Å². The minimum absolute atomic E-state index is 0.0256. The third kappa shape index (κ3) is 5.35. The number of Topliss-reactive ketones (excluding diaryl/α,β-unsaturated/α-hetero) is 1. The molecule has 0 aromatic rings. The Kier molecular flexibility index (Phi) is 5.91. The van der Waals surface area contributed by atoms with E-state index in [0.717, 1.165) is 13.0 Å². The second-order valence-electron chi connectivity index (χ2n) is 5.10. The SMILES string of the molecule is CC(CC(=O)C1CCN1)C[C@H](N)C(=O)NCC(N)=O. The number of carbonyl (C=O) groups excluding carboxylic acids is 3. The normalized spacial score (nSPS) is 21.1. The molecule has 7 nitrogen and oxygen atoms in total. The van der Waals surface area contributed by atoms with Crippen LogP contribution < -0.4 is 22.1 Å². The highest BCUT2D eigenvalue weighted by Gasteiger charge is 2.26. The molecule has 108 valence electrons. The molecule has 2 amide bonds. The zero-order valence-corrected chi connectivity index (χ0v) is 11.1. The molecule has 0 aliphatic carbocycles. The van der Waals surface area contributed by atoms with Crippen LogP contribution in [0.25, 0.3) is 0 Å². The van der Waals surface area contributed by atoms with Gasteiger partial charge in [0.15, 0.2) is 0 Å². The Bertz CT molecular complexity index is 355. The first-order chi connectivity index (χ1) is 8.90. The molecule has 0 aromatic carbocycles. The minimum atomic E-state index is -0.725. The summed E-state index contributed by atoms with van der Waals surface area (Å²) < 4.78 is 0. The monoisotopic (exact) mass is 270 g/mol. The van der Waals surface area contributed by atoms with Crippen molar-refractivity contribution < 1.29 is 14.4 Å². The van der Waals surface area contributed by atoms with Gasteiger partial charge in [-0.25, -0.2) is 0 Å². The lowest BCUT2D eigenvalue weighted by Crippen LogP contribution is -2.49. The van der Waals surface area contributed by atoms with Gasteiger partial charge in [-0.15, -0.1) is 0 Å². The zero-order valence-electron chi connectivity index (χ0n) is 11.1. The molecule has 1 heterocycles. The quantitative estimate of drug-likeness (QED) is 0.416. The van der Waals surface area contributed by atoms with Crippen molar-refractivity contribution in [2.75, 3.05) is 13.1 Å². The van der Waals surface area contributed by atoms with Crippen LogP contribution in [0, 0.1) is 5.92 Å². The lowest BCUT2D eigenvalue weighted by atomic mass is 9.91. The molecular formula is C12H22N4O3. The van der Waals surface area contributed by atoms with Crippen molar-refractivity contribution in [2.24, 2.45) is 17.4 Å². The van der Waals surface area contributed by atoms with Crippen LogP contribution in [0.3, 0.4) is 0 Å². The number of ketones is 1. The molecule has 6 N–H and O–H groups in total. The molecule has 0 bridgehead atoms. The fraction of sp³-hybridized carbons (Fsp3) is 0.750. The number of nitrogens with two attached hydrogens (primary N) is 2. The van der Waals surface area contributed by atoms with E-state index in [1.165, 1.54) is 0 Å². The van der Waals surface area contributed by atoms with Crippen molar-refractivity contribution in [3.63, 3.8) is 0 Å². The summed E-state index contributed by atoms with van der Waals surface area (Å²) in [5.41, 5.74) is 10.6. The molecule has 1 aliphatic heterocycles. The summed E-state index contributed by atoms with van der Waals surface area (Å²) in [7, 11) is 0. The molecule has 3 atom stereocenters. The molecule has 1 fully saturated rings. The van der Waals surface area contributed by atoms with E-state index in [1.807, 2.05) is 6.92 Å². The average Bonchev–Trinajstić information content (AvgIpc) is 2.22. The largest absolute Gasteiger partial charge is 0.368 e. The fourth-order valence-electron chi connectivity index (χ4n) is 1.98. The van der Waals surface area contributed by atoms with Gasteiger partial charge >= 0.3 is 0 Å². The Hall–Kier alpha value is -1.47. The van der Waals surface area contributed by atoms with E-state index < -0.39 is 17.9 Å². The molecule has 0 spiro atoms. The van der Waals surface area contributed by atoms with E-state index in [1.54, 1.807) is 0 Å². The lowest BCUT2D eigenvalue weighted by Gasteiger charge is -2.27. The summed E-state index contributed by atoms with van der Waals surface area (Å²) in [6, 6.07) is -0.751. The van der Waals surface area contributed by atoms with Crippen LogP contribution in [0.2, 0.25) is 0 Å². The van der Waals surface area contributed by atoms with E-state index in [-0.39, 0.29) is 24.3 Å². The Morgan fingerprint density at radius 2 is 2.05 bits per heavy atom. The number of amides is 2. The van der Waals surface area contributed by atoms with E-state index in [0.29, 0.717) is 12.8 Å². The van der Waals surface area contributed by atoms with E-state index >= 15 is 0 Å². The summed E-state index contributed by atoms with van der Waals surface area (Å²) in [6.45, 7) is 2.56. The van der Waals surface area contributed by atoms with Crippen LogP contribution in [0.5, 0.6) is 0 Å². The molecule has 2 unspecified atom stereocenters. The highest BCUT2D eigenvalue weighted by atomic mass is 16.2. The van der Waals surface area contributed by atoms with Crippen molar-refractivity contribution in [3.05, 3.63) is 0 Å². The molecule has 0 aromatic heterocycles. The molecule has 1 saturated heterocycles. The first kappa shape index (κ1) is 15.6. The average molecular weight is 270 g/mol. The van der Waals surface area contributed by atoms with Gasteiger partial charge in [0.1, 0.15) is 5.78 Å². The molecule has 0 saturated carbocycles. The fourth-order valence-corrected chi connectivity index (χ4v) is 1.98. The van der Waals surface area contributed by atoms with Crippen molar-refractivity contribution >= 4 is 17.6 Å². The van der Waals surface area contributed by atoms with Crippen molar-refractivity contribution in [2.45, 2.75) is 38.3 Å². The summed E-state index contributed by atoms with van der Waals surface area (Å²) in [5.74, 6) is -0.826. The van der Waals surface area contributed by atoms with E-state index in [2.05, 4.69) is 10.6 Å². The number of hydrogen-bond donors (Lipinski definition) is 4. The van der Waals surface area contributed by atoms with Crippen LogP contribution >= 0.6 is 0 Å². The first-order valence-electron chi connectivity index (χ1n) is 6.47. The predicted octanol–water partition coefficient (Wildman–Crippen LogP) is -1.74. The van der Waals surface area contributed by atoms with Crippen molar-refractivity contribution in [3.8, 4) is 0 Å². The zero-order chi connectivity index (χ0) is 14.4. The highest BCUT2D eigenvalue weighted by Crippen LogP contribution is 2.14. The summed E-state index contributed by atoms with van der Waals surface area (Å²) in [6.07, 6.45) is 1.70. The Balaban J connectivity index is 2.25. The first-order valence-corrected chi connectivity index (χ1v) is 6.47. The van der Waals surface area contributed by atoms with Gasteiger partial charge in [-0.3, -0.25) is 14.4 Å². The highest BCUT2D eigenvalue weighted by molar-refractivity contribution is 5.87. The smallest absolute Gasteiger partial charge is 0.237 e. The van der Waals surface area contributed by atoms with Gasteiger partial charge < -0.3 is 22.1 Å². The maximum absolute atomic E-state index is 11.7. The minimum Gasteiger partial charge on any atom is -0.368 e. The second kappa shape index (κ2) is 7.20. The molecule has 1 aliphatic rings. The molecule has 0 radical (unpaired) electrons. The summed E-state index contributed by atoms with van der Waals surface area (Å²) >= 11 is 0. The number of primary amides is 1. The number of rotatable bonds is 8. The van der Waals surface area contributed by atoms with Gasteiger partial charge in [-0.05, 0) is 25.3 Å². The molecule has 1 rings (SSSR count). The number of carbonyl (C=O) groups is 3. The van der Waals surface area contributed by atoms with Crippen LogP contribution in [0.15, 0.2) is 0 Å². The van der Waals surface area contributed by atoms with Crippen LogP contribution in [-0.2, 0) is 14.4 Å². The maximum atomic E-state index is 11.7. The summed E-state index contributed by atoms with van der Waals surface area (Å²) in [5, 5.41) is 5.40. The summed E-state index contributed by atoms with van der Waals surface area (Å²) in [4.78, 5) is 33.8. The Morgan fingerprint density at radius 3 is 2.53 bits per heavy atom. The Labute approximate surface area is 112 Å². The van der Waals surface area contributed by atoms with Gasteiger partial charge in [-0.1, -0.05) is 6.92 Å². The van der Waals surface area contributed by atoms with Crippen molar-refractivity contribution in [1.29, 1.82) is 0 Å². The topological polar surface area (TPSA) is 127 Å². The van der Waals surface area contributed by atoms with Crippen LogP contribution in [0.4, 0.5) is 0 Å². The van der Waals surface area contributed by atoms with Gasteiger partial charge in [0.25, 0.3) is 0 Å². The molecule has 19 heavy (non-hydrogen) atoms. The maximum Gasteiger partial charge on any atom is 0.237 e. The molecular weight excluding hydrogens is 248 g/mol. The standard InChI is InChI=1S/C12H22N4O3/c1-7(5-10(17)9-2-3-15-9)4-8(13)12(19)16-6-11(14)18/h7-9,15H,2-6,13H2,1H3,(H2,14,18)(H,16,19)/t7?,8-,9?/m0/s1. The van der Waals surface area contributed by atoms with Crippen LogP contribution in [-0.4, -0.2) is 42.8 Å². The van der Waals surface area contributed by atoms with E-state index in [4.69, 9.17) is 11.5 Å². The molecule has 7 heteroatoms. The van der Waals surface area contributed by atoms with Crippen molar-refractivity contribution in [1.82, 2.24) is 10.6 Å². The second-order valence-corrected chi connectivity index (χ2v) is 5.10. The Morgan fingerprint density at radius 1 is 1.42 bits per heavy atom. The predicted molar refractivity (Wildman–Crippen MR) is 70.0 cm³/mol. The van der Waals surface area contributed by atoms with Crippen LogP contribution in [0.1, 0.15) is 26.2 Å². The number of nitrogens with one attached hydrogen (secondary N) is 2. The lowest BCUT2D eigenvalue weighted by molar-refractivity contribution is -0.126. The third-order valence-electron chi connectivity index (χ3n) is 3.19.